The van der Waals surface area contributed by atoms with Crippen LogP contribution in [0.25, 0.3) is 0 Å². The van der Waals surface area contributed by atoms with Gasteiger partial charge in [-0.1, -0.05) is 29.8 Å². The van der Waals surface area contributed by atoms with Crippen LogP contribution < -0.4 is 21.9 Å². The molecule has 3 rings (SSSR count). The second kappa shape index (κ2) is 11.0. The van der Waals surface area contributed by atoms with E-state index in [4.69, 9.17) is 17.3 Å². The number of nitrogens with two attached hydrogens (primary N) is 1. The molecule has 0 aromatic heterocycles. The fourth-order valence-electron chi connectivity index (χ4n) is 3.83. The molecule has 0 bridgehead atoms. The van der Waals surface area contributed by atoms with Gasteiger partial charge in [-0.05, 0) is 37.3 Å². The molecule has 2 aliphatic rings. The molecular formula is C19H29Cl2N5O2. The van der Waals surface area contributed by atoms with Gasteiger partial charge in [0.2, 0.25) is 11.8 Å². The van der Waals surface area contributed by atoms with Crippen molar-refractivity contribution in [1.29, 1.82) is 0 Å². The van der Waals surface area contributed by atoms with E-state index in [0.717, 1.165) is 31.4 Å². The number of hydrogen-bond acceptors (Lipinski definition) is 5. The summed E-state index contributed by atoms with van der Waals surface area (Å²) in [4.78, 5) is 26.7. The van der Waals surface area contributed by atoms with Gasteiger partial charge in [0.25, 0.3) is 0 Å². The summed E-state index contributed by atoms with van der Waals surface area (Å²) in [7, 11) is 0. The topological polar surface area (TPSA) is 99.5 Å². The summed E-state index contributed by atoms with van der Waals surface area (Å²) >= 11 is 6.29. The number of benzene rings is 1. The van der Waals surface area contributed by atoms with E-state index in [1.54, 1.807) is 0 Å². The third-order valence-electron chi connectivity index (χ3n) is 5.30. The van der Waals surface area contributed by atoms with Gasteiger partial charge in [0.05, 0.1) is 0 Å². The van der Waals surface area contributed by atoms with Crippen molar-refractivity contribution >= 4 is 35.8 Å². The molecule has 9 heteroatoms. The van der Waals surface area contributed by atoms with Crippen molar-refractivity contribution in [3.05, 3.63) is 34.9 Å². The number of rotatable bonds is 6. The van der Waals surface area contributed by atoms with E-state index in [1.165, 1.54) is 0 Å². The van der Waals surface area contributed by atoms with Gasteiger partial charge in [0.15, 0.2) is 0 Å². The van der Waals surface area contributed by atoms with Gasteiger partial charge < -0.3 is 16.0 Å². The van der Waals surface area contributed by atoms with E-state index in [0.29, 0.717) is 31.0 Å². The molecule has 3 atom stereocenters. The quantitative estimate of drug-likeness (QED) is 0.549. The van der Waals surface area contributed by atoms with Crippen molar-refractivity contribution in [3.63, 3.8) is 0 Å². The molecule has 0 radical (unpaired) electrons. The molecule has 2 fully saturated rings. The van der Waals surface area contributed by atoms with Crippen LogP contribution in [0.1, 0.15) is 43.7 Å². The van der Waals surface area contributed by atoms with Crippen molar-refractivity contribution in [2.45, 2.75) is 50.2 Å². The van der Waals surface area contributed by atoms with Crippen molar-refractivity contribution in [3.8, 4) is 0 Å². The number of halogens is 2. The Morgan fingerprint density at radius 3 is 2.79 bits per heavy atom. The average Bonchev–Trinajstić information content (AvgIpc) is 3.16. The van der Waals surface area contributed by atoms with Crippen LogP contribution in [-0.2, 0) is 9.59 Å². The highest BCUT2D eigenvalue weighted by Crippen LogP contribution is 2.29. The Kier molecular flexibility index (Phi) is 8.98. The molecule has 1 aromatic carbocycles. The maximum atomic E-state index is 13.1. The molecule has 1 aromatic rings. The number of carbonyl (C=O) groups is 2. The molecule has 2 saturated heterocycles. The highest BCUT2D eigenvalue weighted by atomic mass is 35.5. The van der Waals surface area contributed by atoms with Gasteiger partial charge in [-0.2, -0.15) is 0 Å². The first kappa shape index (κ1) is 22.9. The molecule has 0 spiro atoms. The zero-order chi connectivity index (χ0) is 19.2. The Hall–Kier alpha value is -1.38. The zero-order valence-corrected chi connectivity index (χ0v) is 17.4. The summed E-state index contributed by atoms with van der Waals surface area (Å²) in [6.07, 6.45) is 3.93. The average molecular weight is 430 g/mol. The van der Waals surface area contributed by atoms with Crippen LogP contribution in [0.15, 0.2) is 24.3 Å². The fourth-order valence-corrected chi connectivity index (χ4v) is 4.10. The van der Waals surface area contributed by atoms with Gasteiger partial charge in [0.1, 0.15) is 6.04 Å². The maximum Gasteiger partial charge on any atom is 0.241 e. The minimum atomic E-state index is -0.299. The predicted octanol–water partition coefficient (Wildman–Crippen LogP) is 1.52. The van der Waals surface area contributed by atoms with Crippen molar-refractivity contribution in [2.24, 2.45) is 5.73 Å². The van der Waals surface area contributed by atoms with Gasteiger partial charge in [0, 0.05) is 43.2 Å². The summed E-state index contributed by atoms with van der Waals surface area (Å²) in [5.41, 5.74) is 12.7. The van der Waals surface area contributed by atoms with Crippen molar-refractivity contribution in [1.82, 2.24) is 21.1 Å². The number of piperidine rings is 1. The van der Waals surface area contributed by atoms with Crippen LogP contribution in [0.2, 0.25) is 5.02 Å². The smallest absolute Gasteiger partial charge is 0.241 e. The van der Waals surface area contributed by atoms with Crippen LogP contribution in [-0.4, -0.2) is 48.4 Å². The molecule has 0 aliphatic carbocycles. The first-order valence-electron chi connectivity index (χ1n) is 9.63. The Morgan fingerprint density at radius 2 is 2.04 bits per heavy atom. The lowest BCUT2D eigenvalue weighted by atomic mass is 9.98. The minimum absolute atomic E-state index is 0. The van der Waals surface area contributed by atoms with Crippen LogP contribution in [0.3, 0.4) is 0 Å². The van der Waals surface area contributed by atoms with Crippen LogP contribution in [0.4, 0.5) is 0 Å². The normalized spacial score (nSPS) is 24.5. The summed E-state index contributed by atoms with van der Waals surface area (Å²) in [6, 6.07) is 7.42. The van der Waals surface area contributed by atoms with Crippen LogP contribution in [0.5, 0.6) is 0 Å². The standard InChI is InChI=1S/C19H28ClN5O2.ClH/c20-15-7-2-1-6-14(15)16-11-17(24-23-16)19(27)25-10-4-3-5-13(25)12-22-18(26)8-9-21;/h1-2,6-7,13,16-17,23-24H,3-5,8-12,21H2,(H,22,26);1H. The summed E-state index contributed by atoms with van der Waals surface area (Å²) < 4.78 is 0. The molecule has 28 heavy (non-hydrogen) atoms. The zero-order valence-electron chi connectivity index (χ0n) is 15.8. The van der Waals surface area contributed by atoms with E-state index in [2.05, 4.69) is 16.2 Å². The molecular weight excluding hydrogens is 401 g/mol. The summed E-state index contributed by atoms with van der Waals surface area (Å²) in [5, 5.41) is 3.60. The van der Waals surface area contributed by atoms with Crippen molar-refractivity contribution in [2.75, 3.05) is 19.6 Å². The van der Waals surface area contributed by atoms with E-state index in [1.807, 2.05) is 29.2 Å². The molecule has 2 aliphatic heterocycles. The Labute approximate surface area is 177 Å². The minimum Gasteiger partial charge on any atom is -0.354 e. The highest BCUT2D eigenvalue weighted by Gasteiger charge is 2.36. The predicted molar refractivity (Wildman–Crippen MR) is 112 cm³/mol. The molecule has 7 nitrogen and oxygen atoms in total. The lowest BCUT2D eigenvalue weighted by molar-refractivity contribution is -0.137. The Bertz CT molecular complexity index is 675. The van der Waals surface area contributed by atoms with Gasteiger partial charge in [-0.25, -0.2) is 10.9 Å². The summed E-state index contributed by atoms with van der Waals surface area (Å²) in [5.74, 6) is 0.0183. The number of likely N-dealkylation sites (tertiary alicyclic amines) is 1. The second-order valence-electron chi connectivity index (χ2n) is 7.18. The van der Waals surface area contributed by atoms with Crippen LogP contribution in [0, 0.1) is 0 Å². The van der Waals surface area contributed by atoms with Gasteiger partial charge in [-0.15, -0.1) is 12.4 Å². The lowest BCUT2D eigenvalue weighted by Crippen LogP contribution is -2.54. The SMILES string of the molecule is Cl.NCCC(=O)NCC1CCCCN1C(=O)C1CC(c2ccccc2Cl)NN1. The number of amides is 2. The molecule has 2 heterocycles. The monoisotopic (exact) mass is 429 g/mol. The first-order chi connectivity index (χ1) is 13.1. The Morgan fingerprint density at radius 1 is 1.25 bits per heavy atom. The fraction of sp³-hybridized carbons (Fsp3) is 0.579. The Balaban J connectivity index is 0.00000280. The number of hydrogen-bond donors (Lipinski definition) is 4. The number of hydrazine groups is 1. The molecule has 156 valence electrons. The summed E-state index contributed by atoms with van der Waals surface area (Å²) in [6.45, 7) is 1.55. The largest absolute Gasteiger partial charge is 0.354 e. The third kappa shape index (κ3) is 5.58. The lowest BCUT2D eigenvalue weighted by Gasteiger charge is -2.37. The van der Waals surface area contributed by atoms with E-state index in [-0.39, 0.29) is 42.3 Å². The molecule has 2 amide bonds. The number of carbonyl (C=O) groups excluding carboxylic acids is 2. The van der Waals surface area contributed by atoms with Crippen LogP contribution >= 0.6 is 24.0 Å². The van der Waals surface area contributed by atoms with Gasteiger partial charge >= 0.3 is 0 Å². The highest BCUT2D eigenvalue weighted by molar-refractivity contribution is 6.31. The van der Waals surface area contributed by atoms with Crippen molar-refractivity contribution < 1.29 is 9.59 Å². The maximum absolute atomic E-state index is 13.1. The molecule has 5 N–H and O–H groups in total. The van der Waals surface area contributed by atoms with Gasteiger partial charge in [-0.3, -0.25) is 9.59 Å². The molecule has 3 unspecified atom stereocenters. The second-order valence-corrected chi connectivity index (χ2v) is 7.58. The van der Waals surface area contributed by atoms with E-state index >= 15 is 0 Å². The first-order valence-corrected chi connectivity index (χ1v) is 10.0. The van der Waals surface area contributed by atoms with E-state index in [9.17, 15) is 9.59 Å². The number of nitrogens with zero attached hydrogens (tertiary/aromatic N) is 1. The van der Waals surface area contributed by atoms with E-state index < -0.39 is 0 Å². The third-order valence-corrected chi connectivity index (χ3v) is 5.64. The molecule has 0 saturated carbocycles. The number of nitrogens with one attached hydrogen (secondary N) is 3.